The second kappa shape index (κ2) is 12.3. The molecule has 41 heavy (non-hydrogen) atoms. The van der Waals surface area contributed by atoms with Crippen LogP contribution < -0.4 is 15.4 Å². The number of nitriles is 1. The summed E-state index contributed by atoms with van der Waals surface area (Å²) in [5, 5.41) is 26.0. The van der Waals surface area contributed by atoms with Crippen molar-refractivity contribution < 1.29 is 23.4 Å². The van der Waals surface area contributed by atoms with E-state index in [9.17, 15) is 10.1 Å². The van der Waals surface area contributed by atoms with Gasteiger partial charge in [0.25, 0.3) is 0 Å². The number of ether oxygens (including phenoxy) is 1. The highest BCUT2D eigenvalue weighted by Crippen LogP contribution is 2.52. The van der Waals surface area contributed by atoms with Crippen LogP contribution in [0.5, 0.6) is 5.75 Å². The zero-order valence-electron chi connectivity index (χ0n) is 22.8. The third kappa shape index (κ3) is 6.34. The number of amides is 1. The molecular formula is C31H31Cl2F2N3O3. The van der Waals surface area contributed by atoms with Gasteiger partial charge in [-0.1, -0.05) is 62.2 Å². The van der Waals surface area contributed by atoms with Crippen molar-refractivity contribution >= 4 is 34.8 Å². The third-order valence-electron chi connectivity index (χ3n) is 7.21. The number of aliphatic hydroxyl groups is 1. The van der Waals surface area contributed by atoms with Crippen LogP contribution in [0.15, 0.2) is 60.7 Å². The molecule has 1 fully saturated rings. The van der Waals surface area contributed by atoms with E-state index in [-0.39, 0.29) is 39.8 Å². The number of hydrogen-bond acceptors (Lipinski definition) is 5. The number of carbonyl (C=O) groups is 1. The molecule has 0 unspecified atom stereocenters. The van der Waals surface area contributed by atoms with Crippen LogP contribution >= 0.6 is 23.2 Å². The number of aliphatic hydroxyl groups excluding tert-OH is 1. The van der Waals surface area contributed by atoms with Crippen LogP contribution in [0.1, 0.15) is 44.2 Å². The molecule has 1 saturated heterocycles. The van der Waals surface area contributed by atoms with Gasteiger partial charge in [0.1, 0.15) is 29.4 Å². The van der Waals surface area contributed by atoms with E-state index in [4.69, 9.17) is 33.0 Å². The van der Waals surface area contributed by atoms with Crippen LogP contribution in [0.2, 0.25) is 10.0 Å². The molecule has 3 aromatic carbocycles. The number of hydrogen-bond donors (Lipinski definition) is 3. The van der Waals surface area contributed by atoms with Crippen molar-refractivity contribution in [3.05, 3.63) is 93.5 Å². The summed E-state index contributed by atoms with van der Waals surface area (Å²) in [5.74, 6) is -2.71. The Hall–Kier alpha value is -3.22. The lowest BCUT2D eigenvalue weighted by molar-refractivity contribution is -0.118. The highest BCUT2D eigenvalue weighted by atomic mass is 35.5. The maximum Gasteiger partial charge on any atom is 0.242 e. The van der Waals surface area contributed by atoms with Crippen molar-refractivity contribution in [3.8, 4) is 11.8 Å². The number of nitrogens with zero attached hydrogens (tertiary/aromatic N) is 1. The molecule has 6 nitrogen and oxygen atoms in total. The lowest BCUT2D eigenvalue weighted by Gasteiger charge is -2.37. The monoisotopic (exact) mass is 601 g/mol. The zero-order valence-corrected chi connectivity index (χ0v) is 24.4. The molecule has 1 aliphatic heterocycles. The van der Waals surface area contributed by atoms with Crippen LogP contribution in [0.3, 0.4) is 0 Å². The van der Waals surface area contributed by atoms with Crippen molar-refractivity contribution in [3.63, 3.8) is 0 Å². The molecule has 0 radical (unpaired) electrons. The van der Waals surface area contributed by atoms with Crippen molar-refractivity contribution in [2.75, 3.05) is 18.5 Å². The van der Waals surface area contributed by atoms with E-state index in [2.05, 4.69) is 16.7 Å². The minimum absolute atomic E-state index is 0.0104. The van der Waals surface area contributed by atoms with Crippen molar-refractivity contribution in [1.82, 2.24) is 5.32 Å². The Labute approximate surface area is 248 Å². The molecule has 216 valence electrons. The maximum atomic E-state index is 15.7. The first-order valence-electron chi connectivity index (χ1n) is 13.1. The van der Waals surface area contributed by atoms with Crippen LogP contribution in [-0.4, -0.2) is 36.3 Å². The summed E-state index contributed by atoms with van der Waals surface area (Å²) in [5.41, 5.74) is -1.60. The zero-order chi connectivity index (χ0) is 29.9. The van der Waals surface area contributed by atoms with E-state index in [1.54, 1.807) is 24.3 Å². The molecule has 0 bridgehead atoms. The van der Waals surface area contributed by atoms with Crippen LogP contribution in [-0.2, 0) is 10.2 Å². The largest absolute Gasteiger partial charge is 0.491 e. The summed E-state index contributed by atoms with van der Waals surface area (Å²) < 4.78 is 36.8. The van der Waals surface area contributed by atoms with Crippen LogP contribution in [0.4, 0.5) is 14.5 Å². The Morgan fingerprint density at radius 1 is 1.15 bits per heavy atom. The van der Waals surface area contributed by atoms with Crippen LogP contribution in [0.25, 0.3) is 0 Å². The molecule has 1 heterocycles. The Morgan fingerprint density at radius 2 is 1.85 bits per heavy atom. The number of rotatable bonds is 8. The molecule has 1 aliphatic rings. The molecule has 1 amide bonds. The van der Waals surface area contributed by atoms with Gasteiger partial charge in [0.05, 0.1) is 23.7 Å². The van der Waals surface area contributed by atoms with Gasteiger partial charge in [0, 0.05) is 28.2 Å². The Kier molecular flexibility index (Phi) is 9.25. The quantitative estimate of drug-likeness (QED) is 0.270. The molecule has 0 spiro atoms. The first-order valence-corrected chi connectivity index (χ1v) is 13.9. The van der Waals surface area contributed by atoms with Gasteiger partial charge in [-0.05, 0) is 59.9 Å². The predicted octanol–water partition coefficient (Wildman–Crippen LogP) is 6.60. The van der Waals surface area contributed by atoms with Gasteiger partial charge in [0.15, 0.2) is 0 Å². The second-order valence-corrected chi connectivity index (χ2v) is 12.1. The Bertz CT molecular complexity index is 1460. The van der Waals surface area contributed by atoms with Gasteiger partial charge in [0.2, 0.25) is 5.91 Å². The van der Waals surface area contributed by atoms with Gasteiger partial charge in [-0.25, -0.2) is 8.78 Å². The molecule has 3 N–H and O–H groups in total. The van der Waals surface area contributed by atoms with E-state index < -0.39 is 41.0 Å². The standard InChI is InChI=1S/C31H31Cl2F2N3O3/c1-30(2,3)16-25-31(17-36,22-12-7-18(32)15-24(22)34)26(21-5-4-6-23(33)27(21)35)28(38-25)29(40)37-19-8-10-20(11-9-19)41-14-13-39/h4-12,15,25-26,28,38-39H,13-14,16H2,1-3H3,(H,37,40)/t25-,26-,28+,31-/m1/s1. The summed E-state index contributed by atoms with van der Waals surface area (Å²) in [4.78, 5) is 13.9. The normalized spacial score (nSPS) is 22.3. The van der Waals surface area contributed by atoms with Crippen molar-refractivity contribution in [2.45, 2.75) is 50.6 Å². The summed E-state index contributed by atoms with van der Waals surface area (Å²) in [7, 11) is 0. The third-order valence-corrected chi connectivity index (χ3v) is 7.74. The highest BCUT2D eigenvalue weighted by molar-refractivity contribution is 6.31. The van der Waals surface area contributed by atoms with Gasteiger partial charge in [-0.15, -0.1) is 0 Å². The maximum absolute atomic E-state index is 15.7. The van der Waals surface area contributed by atoms with E-state index in [0.29, 0.717) is 17.9 Å². The van der Waals surface area contributed by atoms with Gasteiger partial charge in [-0.3, -0.25) is 4.79 Å². The fraction of sp³-hybridized carbons (Fsp3) is 0.355. The summed E-state index contributed by atoms with van der Waals surface area (Å²) in [6, 6.07) is 15.3. The van der Waals surface area contributed by atoms with Crippen molar-refractivity contribution in [1.29, 1.82) is 5.26 Å². The average molecular weight is 603 g/mol. The fourth-order valence-electron chi connectivity index (χ4n) is 5.57. The lowest BCUT2D eigenvalue weighted by atomic mass is 9.62. The number of nitrogens with one attached hydrogen (secondary N) is 2. The summed E-state index contributed by atoms with van der Waals surface area (Å²) in [6.07, 6.45) is 0.363. The first-order chi connectivity index (χ1) is 19.4. The molecule has 0 aliphatic carbocycles. The molecule has 0 saturated carbocycles. The highest BCUT2D eigenvalue weighted by Gasteiger charge is 2.61. The van der Waals surface area contributed by atoms with Gasteiger partial charge >= 0.3 is 0 Å². The number of halogens is 4. The molecule has 0 aromatic heterocycles. The molecule has 3 aromatic rings. The van der Waals surface area contributed by atoms with E-state index >= 15 is 8.78 Å². The predicted molar refractivity (Wildman–Crippen MR) is 155 cm³/mol. The topological polar surface area (TPSA) is 94.4 Å². The molecule has 4 rings (SSSR count). The molecule has 10 heteroatoms. The SMILES string of the molecule is CC(C)(C)C[C@H]1N[C@H](C(=O)Nc2ccc(OCCO)cc2)[C@@H](c2cccc(Cl)c2F)[C@]1(C#N)c1ccc(Cl)cc1F. The average Bonchev–Trinajstić information content (AvgIpc) is 3.22. The first kappa shape index (κ1) is 30.7. The van der Waals surface area contributed by atoms with Crippen LogP contribution in [0, 0.1) is 28.4 Å². The lowest BCUT2D eigenvalue weighted by Crippen LogP contribution is -2.45. The summed E-state index contributed by atoms with van der Waals surface area (Å²) in [6.45, 7) is 5.89. The summed E-state index contributed by atoms with van der Waals surface area (Å²) >= 11 is 12.2. The Balaban J connectivity index is 1.87. The number of carbonyl (C=O) groups excluding carboxylic acids is 1. The number of benzene rings is 3. The minimum Gasteiger partial charge on any atom is -0.491 e. The Morgan fingerprint density at radius 3 is 2.46 bits per heavy atom. The molecular weight excluding hydrogens is 571 g/mol. The molecule has 4 atom stereocenters. The van der Waals surface area contributed by atoms with Gasteiger partial charge in [-0.2, -0.15) is 5.26 Å². The smallest absolute Gasteiger partial charge is 0.242 e. The second-order valence-electron chi connectivity index (χ2n) is 11.3. The van der Waals surface area contributed by atoms with E-state index in [0.717, 1.165) is 6.07 Å². The van der Waals surface area contributed by atoms with Crippen molar-refractivity contribution in [2.24, 2.45) is 5.41 Å². The van der Waals surface area contributed by atoms with Gasteiger partial charge < -0.3 is 20.5 Å². The number of anilines is 1. The fourth-order valence-corrected chi connectivity index (χ4v) is 5.92. The minimum atomic E-state index is -1.71. The van der Waals surface area contributed by atoms with E-state index in [1.807, 2.05) is 20.8 Å². The van der Waals surface area contributed by atoms with E-state index in [1.165, 1.54) is 30.3 Å².